The molecule has 0 atom stereocenters. The normalized spacial score (nSPS) is 11.4. The molecule has 8 aromatic rings. The van der Waals surface area contributed by atoms with Gasteiger partial charge in [0.1, 0.15) is 31.1 Å². The Hall–Kier alpha value is -11.3. The molecule has 87 heavy (non-hydrogen) atoms. The van der Waals surface area contributed by atoms with Crippen LogP contribution in [0, 0.1) is 13.8 Å². The van der Waals surface area contributed by atoms with E-state index in [2.05, 4.69) is 31.0 Å². The fourth-order valence-electron chi connectivity index (χ4n) is 8.90. The molecule has 8 rings (SSSR count). The van der Waals surface area contributed by atoms with Gasteiger partial charge in [-0.25, -0.2) is 14.6 Å². The number of nitrogens with zero attached hydrogens (tertiary/aromatic N) is 3. The number of aromatic nitrogens is 2. The topological polar surface area (TPSA) is 303 Å². The molecule has 0 spiro atoms. The average Bonchev–Trinajstić information content (AvgIpc) is 1.85. The highest BCUT2D eigenvalue weighted by atomic mass is 19.4. The van der Waals surface area contributed by atoms with E-state index in [1.807, 2.05) is 0 Å². The molecule has 0 saturated carbocycles. The van der Waals surface area contributed by atoms with Gasteiger partial charge in [0.15, 0.2) is 6.40 Å². The monoisotopic (exact) mass is 1200 g/mol. The summed E-state index contributed by atoms with van der Waals surface area (Å²) in [6.45, 7) is 2.85. The zero-order chi connectivity index (χ0) is 62.9. The van der Waals surface area contributed by atoms with E-state index in [9.17, 15) is 79.7 Å². The van der Waals surface area contributed by atoms with Gasteiger partial charge in [0.25, 0.3) is 11.8 Å². The number of aliphatic imine (C=N–C) groups is 1. The number of fused-ring (bicyclic) bond motifs is 2. The lowest BCUT2D eigenvalue weighted by atomic mass is 10.0. The van der Waals surface area contributed by atoms with Crippen LogP contribution in [0.15, 0.2) is 139 Å². The molecule has 0 aliphatic heterocycles. The van der Waals surface area contributed by atoms with Crippen molar-refractivity contribution in [2.24, 2.45) is 4.99 Å². The molecular formula is C59H46F6N8O14. The van der Waals surface area contributed by atoms with Gasteiger partial charge in [-0.15, -0.1) is 13.2 Å². The van der Waals surface area contributed by atoms with Crippen molar-refractivity contribution < 1.29 is 93.9 Å². The number of amides is 5. The zero-order valence-corrected chi connectivity index (χ0v) is 45.2. The molecule has 448 valence electrons. The van der Waals surface area contributed by atoms with Crippen LogP contribution in [0.4, 0.5) is 49.1 Å². The van der Waals surface area contributed by atoms with Crippen LogP contribution in [0.1, 0.15) is 91.1 Å². The van der Waals surface area contributed by atoms with Gasteiger partial charge in [-0.05, 0) is 111 Å². The van der Waals surface area contributed by atoms with Gasteiger partial charge in [-0.1, -0.05) is 24.3 Å². The van der Waals surface area contributed by atoms with Crippen molar-refractivity contribution in [2.45, 2.75) is 32.8 Å². The van der Waals surface area contributed by atoms with Gasteiger partial charge in [0.05, 0.1) is 69.4 Å². The second-order valence-corrected chi connectivity index (χ2v) is 18.7. The largest absolute Gasteiger partial charge is 0.573 e. The van der Waals surface area contributed by atoms with Crippen molar-refractivity contribution in [3.63, 3.8) is 0 Å². The molecular weight excluding hydrogens is 1160 g/mol. The van der Waals surface area contributed by atoms with Gasteiger partial charge < -0.3 is 59.8 Å². The van der Waals surface area contributed by atoms with E-state index >= 15 is 0 Å². The number of ether oxygens (including phenoxy) is 3. The smallest absolute Gasteiger partial charge is 0.492 e. The predicted octanol–water partition coefficient (Wildman–Crippen LogP) is 8.95. The Bertz CT molecular complexity index is 4120. The van der Waals surface area contributed by atoms with Gasteiger partial charge in [-0.3, -0.25) is 33.6 Å². The number of nitrogens with one attached hydrogen (secondary N) is 5. The van der Waals surface area contributed by atoms with E-state index in [1.165, 1.54) is 63.6 Å². The molecule has 0 bridgehead atoms. The van der Waals surface area contributed by atoms with E-state index in [4.69, 9.17) is 9.47 Å². The van der Waals surface area contributed by atoms with Crippen LogP contribution in [-0.4, -0.2) is 117 Å². The fourth-order valence-corrected chi connectivity index (χ4v) is 8.90. The highest BCUT2D eigenvalue weighted by Crippen LogP contribution is 2.34. The zero-order valence-electron chi connectivity index (χ0n) is 45.2. The molecule has 0 fully saturated rings. The summed E-state index contributed by atoms with van der Waals surface area (Å²) in [4.78, 5) is 119. The van der Waals surface area contributed by atoms with Crippen molar-refractivity contribution in [3.05, 3.63) is 190 Å². The van der Waals surface area contributed by atoms with Crippen molar-refractivity contribution in [1.29, 1.82) is 0 Å². The molecule has 4 aromatic heterocycles. The SMILES string of the molecule is Cc1c(NC(=O)c2cccc(OCCNC(=O)CC(=O)NCCOc3cccc(C(=O)Nc4c(C)c(C(=O)c5ccc(NC(=O)C(F)(F)F)c(C(=O)O)c5)n5ccccc45)c3)c2)c2ccccn2c1C(=O)c1ccc(N=COC(F)(F)F)c(C(=O)O)c1. The third-order valence-electron chi connectivity index (χ3n) is 12.9. The van der Waals surface area contributed by atoms with E-state index in [0.29, 0.717) is 16.6 Å². The summed E-state index contributed by atoms with van der Waals surface area (Å²) in [5, 5.41) is 31.7. The summed E-state index contributed by atoms with van der Waals surface area (Å²) in [6.07, 6.45) is -7.83. The first-order chi connectivity index (χ1) is 41.3. The van der Waals surface area contributed by atoms with Crippen LogP contribution >= 0.6 is 0 Å². The van der Waals surface area contributed by atoms with Crippen molar-refractivity contribution >= 4 is 93.2 Å². The molecule has 28 heteroatoms. The van der Waals surface area contributed by atoms with Gasteiger partial charge in [0, 0.05) is 45.8 Å². The number of carboxylic acids is 2. The molecule has 7 N–H and O–H groups in total. The Labute approximate surface area is 486 Å². The lowest BCUT2D eigenvalue weighted by Crippen LogP contribution is -2.35. The van der Waals surface area contributed by atoms with Gasteiger partial charge >= 0.3 is 30.4 Å². The number of rotatable bonds is 23. The molecule has 0 radical (unpaired) electrons. The number of alkyl halides is 6. The average molecular weight is 1210 g/mol. The number of hydrogen-bond acceptors (Lipinski definition) is 13. The van der Waals surface area contributed by atoms with Crippen molar-refractivity contribution in [1.82, 2.24) is 19.4 Å². The maximum absolute atomic E-state index is 14.0. The van der Waals surface area contributed by atoms with Gasteiger partial charge in [-0.2, -0.15) is 13.2 Å². The Kier molecular flexibility index (Phi) is 18.5. The summed E-state index contributed by atoms with van der Waals surface area (Å²) < 4.78 is 94.1. The summed E-state index contributed by atoms with van der Waals surface area (Å²) in [5.74, 6) is -9.17. The lowest BCUT2D eigenvalue weighted by Gasteiger charge is -2.12. The van der Waals surface area contributed by atoms with Crippen LogP contribution in [0.25, 0.3) is 11.0 Å². The highest BCUT2D eigenvalue weighted by Gasteiger charge is 2.39. The first-order valence-corrected chi connectivity index (χ1v) is 25.6. The Morgan fingerprint density at radius 2 is 1.02 bits per heavy atom. The van der Waals surface area contributed by atoms with Crippen LogP contribution in [0.3, 0.4) is 0 Å². The second kappa shape index (κ2) is 26.1. The van der Waals surface area contributed by atoms with Crippen LogP contribution in [0.2, 0.25) is 0 Å². The van der Waals surface area contributed by atoms with Crippen LogP contribution in [-0.2, 0) is 19.1 Å². The standard InChI is InChI=1S/C59H46F6N8O14/c1-31-47(43-13-3-5-21-72(43)49(31)51(76)33-15-17-41(39(27-33)55(80)81)68-30-87-59(63,64)65)70-53(78)35-9-7-11-37(25-35)85-23-19-66-45(74)29-46(75)67-20-24-86-38-12-8-10-36(26-38)54(79)71-48-32(2)50(73-22-6-4-14-44(48)73)52(77)34-16-18-42(40(28-34)56(82)83)69-57(84)58(60,61)62/h3-18,21-22,25-28,30H,19-20,23-24,29H2,1-2H3,(H,66,74)(H,67,75)(H,69,84)(H,70,78)(H,71,79)(H,80,81)(H,82,83). The van der Waals surface area contributed by atoms with E-state index < -0.39 is 94.5 Å². The van der Waals surface area contributed by atoms with E-state index in [-0.39, 0.29) is 94.8 Å². The summed E-state index contributed by atoms with van der Waals surface area (Å²) >= 11 is 0. The second-order valence-electron chi connectivity index (χ2n) is 18.7. The predicted molar refractivity (Wildman–Crippen MR) is 298 cm³/mol. The molecule has 5 amide bonds. The van der Waals surface area contributed by atoms with Crippen molar-refractivity contribution in [3.8, 4) is 11.5 Å². The van der Waals surface area contributed by atoms with Crippen LogP contribution < -0.4 is 36.1 Å². The number of halogens is 6. The fraction of sp³-hybridized carbons (Fsp3) is 0.153. The quantitative estimate of drug-likeness (QED) is 0.00786. The minimum atomic E-state index is -5.31. The first kappa shape index (κ1) is 61.7. The molecule has 4 heterocycles. The number of pyridine rings is 2. The van der Waals surface area contributed by atoms with Crippen LogP contribution in [0.5, 0.6) is 11.5 Å². The third-order valence-corrected chi connectivity index (χ3v) is 12.9. The molecule has 4 aromatic carbocycles. The number of carboxylic acid groups (broad SMARTS) is 2. The third kappa shape index (κ3) is 14.7. The van der Waals surface area contributed by atoms with Crippen molar-refractivity contribution in [2.75, 3.05) is 42.3 Å². The maximum atomic E-state index is 14.0. The molecule has 0 unspecified atom stereocenters. The Morgan fingerprint density at radius 3 is 1.48 bits per heavy atom. The maximum Gasteiger partial charge on any atom is 0.573 e. The summed E-state index contributed by atoms with van der Waals surface area (Å²) in [5.41, 5.74) is -0.792. The van der Waals surface area contributed by atoms with E-state index in [1.54, 1.807) is 67.7 Å². The molecule has 22 nitrogen and oxygen atoms in total. The number of carbonyl (C=O) groups excluding carboxylic acids is 7. The summed E-state index contributed by atoms with van der Waals surface area (Å²) in [6, 6.07) is 27.7. The minimum Gasteiger partial charge on any atom is -0.492 e. The number of anilines is 3. The number of carbonyl (C=O) groups is 9. The Balaban J connectivity index is 0.798. The minimum absolute atomic E-state index is 0.0103. The lowest BCUT2D eigenvalue weighted by molar-refractivity contribution is -0.280. The number of hydrogen-bond donors (Lipinski definition) is 7. The molecule has 0 aliphatic carbocycles. The number of ketones is 2. The first-order valence-electron chi connectivity index (χ1n) is 25.6. The summed E-state index contributed by atoms with van der Waals surface area (Å²) in [7, 11) is 0. The molecule has 0 saturated heterocycles. The van der Waals surface area contributed by atoms with Gasteiger partial charge in [0.2, 0.25) is 23.4 Å². The molecule has 0 aliphatic rings. The number of aromatic carboxylic acids is 2. The van der Waals surface area contributed by atoms with E-state index in [0.717, 1.165) is 30.3 Å². The number of benzene rings is 4. The Morgan fingerprint density at radius 1 is 0.552 bits per heavy atom. The highest BCUT2D eigenvalue weighted by molar-refractivity contribution is 6.17.